The Labute approximate surface area is 159 Å². The molecule has 1 aliphatic carbocycles. The van der Waals surface area contributed by atoms with Crippen molar-refractivity contribution < 1.29 is 4.74 Å². The van der Waals surface area contributed by atoms with E-state index in [0.29, 0.717) is 6.04 Å². The first-order valence-electron chi connectivity index (χ1n) is 10.8. The summed E-state index contributed by atoms with van der Waals surface area (Å²) in [6.45, 7) is 10.6. The normalized spacial score (nSPS) is 28.2. The van der Waals surface area contributed by atoms with Crippen LogP contribution in [0.15, 0.2) is 4.99 Å². The SMILES string of the molecule is CCN1CCCC1CNC(=NC)NCC1(N2CCOCC2)CCCCC1. The van der Waals surface area contributed by atoms with Gasteiger partial charge in [-0.05, 0) is 38.8 Å². The lowest BCUT2D eigenvalue weighted by atomic mass is 9.80. The van der Waals surface area contributed by atoms with Crippen LogP contribution in [-0.4, -0.2) is 86.9 Å². The molecule has 0 radical (unpaired) electrons. The number of rotatable bonds is 6. The maximum absolute atomic E-state index is 5.60. The predicted molar refractivity (Wildman–Crippen MR) is 108 cm³/mol. The van der Waals surface area contributed by atoms with E-state index in [1.54, 1.807) is 0 Å². The Hall–Kier alpha value is -0.850. The molecule has 1 atom stereocenters. The predicted octanol–water partition coefficient (Wildman–Crippen LogP) is 1.67. The zero-order valence-corrected chi connectivity index (χ0v) is 16.9. The summed E-state index contributed by atoms with van der Waals surface area (Å²) < 4.78 is 5.60. The molecule has 150 valence electrons. The molecule has 6 nitrogen and oxygen atoms in total. The molecule has 0 aromatic heterocycles. The van der Waals surface area contributed by atoms with E-state index >= 15 is 0 Å². The van der Waals surface area contributed by atoms with Crippen LogP contribution in [0.3, 0.4) is 0 Å². The number of likely N-dealkylation sites (N-methyl/N-ethyl adjacent to an activating group) is 1. The van der Waals surface area contributed by atoms with E-state index in [-0.39, 0.29) is 5.54 Å². The molecule has 0 spiro atoms. The molecule has 3 rings (SSSR count). The fourth-order valence-electron chi connectivity index (χ4n) is 5.08. The Balaban J connectivity index is 1.53. The second-order valence-corrected chi connectivity index (χ2v) is 8.12. The summed E-state index contributed by atoms with van der Waals surface area (Å²) in [4.78, 5) is 9.76. The van der Waals surface area contributed by atoms with Gasteiger partial charge in [-0.15, -0.1) is 0 Å². The smallest absolute Gasteiger partial charge is 0.191 e. The van der Waals surface area contributed by atoms with Crippen LogP contribution in [0.4, 0.5) is 0 Å². The Morgan fingerprint density at radius 2 is 1.85 bits per heavy atom. The number of ether oxygens (including phenoxy) is 1. The Morgan fingerprint density at radius 1 is 1.08 bits per heavy atom. The van der Waals surface area contributed by atoms with Crippen LogP contribution in [0.25, 0.3) is 0 Å². The molecule has 2 aliphatic heterocycles. The summed E-state index contributed by atoms with van der Waals surface area (Å²) in [5, 5.41) is 7.26. The minimum Gasteiger partial charge on any atom is -0.379 e. The second-order valence-electron chi connectivity index (χ2n) is 8.12. The lowest BCUT2D eigenvalue weighted by Crippen LogP contribution is -2.60. The van der Waals surface area contributed by atoms with Crippen LogP contribution >= 0.6 is 0 Å². The number of likely N-dealkylation sites (tertiary alicyclic amines) is 1. The van der Waals surface area contributed by atoms with Gasteiger partial charge in [-0.25, -0.2) is 0 Å². The van der Waals surface area contributed by atoms with Gasteiger partial charge in [0.2, 0.25) is 0 Å². The molecule has 2 heterocycles. The van der Waals surface area contributed by atoms with Gasteiger partial charge in [0.15, 0.2) is 5.96 Å². The van der Waals surface area contributed by atoms with Crippen LogP contribution in [0.1, 0.15) is 51.9 Å². The summed E-state index contributed by atoms with van der Waals surface area (Å²) in [5.74, 6) is 0.964. The van der Waals surface area contributed by atoms with Gasteiger partial charge in [0, 0.05) is 44.8 Å². The molecule has 6 heteroatoms. The molecular weight excluding hydrogens is 326 g/mol. The molecule has 3 fully saturated rings. The van der Waals surface area contributed by atoms with Crippen molar-refractivity contribution in [1.29, 1.82) is 0 Å². The number of guanidine groups is 1. The highest BCUT2D eigenvalue weighted by Gasteiger charge is 2.38. The van der Waals surface area contributed by atoms with Crippen molar-refractivity contribution in [3.63, 3.8) is 0 Å². The molecule has 2 N–H and O–H groups in total. The first-order chi connectivity index (χ1) is 12.8. The average molecular weight is 366 g/mol. The molecular formula is C20H39N5O. The van der Waals surface area contributed by atoms with Crippen molar-refractivity contribution in [3.05, 3.63) is 0 Å². The molecule has 0 amide bonds. The maximum atomic E-state index is 5.60. The van der Waals surface area contributed by atoms with Gasteiger partial charge in [0.1, 0.15) is 0 Å². The van der Waals surface area contributed by atoms with E-state index in [1.165, 1.54) is 51.5 Å². The van der Waals surface area contributed by atoms with Gasteiger partial charge in [-0.2, -0.15) is 0 Å². The van der Waals surface area contributed by atoms with Crippen molar-refractivity contribution >= 4 is 5.96 Å². The van der Waals surface area contributed by atoms with E-state index in [4.69, 9.17) is 4.74 Å². The molecule has 0 aromatic carbocycles. The topological polar surface area (TPSA) is 52.1 Å². The summed E-state index contributed by atoms with van der Waals surface area (Å²) >= 11 is 0. The average Bonchev–Trinajstić information content (AvgIpc) is 3.17. The zero-order chi connectivity index (χ0) is 18.2. The fraction of sp³-hybridized carbons (Fsp3) is 0.950. The summed E-state index contributed by atoms with van der Waals surface area (Å²) in [6.07, 6.45) is 9.29. The van der Waals surface area contributed by atoms with E-state index in [0.717, 1.165) is 51.9 Å². The van der Waals surface area contributed by atoms with Gasteiger partial charge in [-0.1, -0.05) is 26.2 Å². The van der Waals surface area contributed by atoms with Crippen molar-refractivity contribution in [2.75, 3.05) is 59.5 Å². The third kappa shape index (κ3) is 4.90. The third-order valence-electron chi connectivity index (χ3n) is 6.69. The van der Waals surface area contributed by atoms with Crippen LogP contribution in [0.5, 0.6) is 0 Å². The standard InChI is InChI=1S/C20H39N5O/c1-3-24-11-7-8-18(24)16-22-19(21-2)23-17-20(9-5-4-6-10-20)25-12-14-26-15-13-25/h18H,3-17H2,1-2H3,(H2,21,22,23). The van der Waals surface area contributed by atoms with Gasteiger partial charge in [0.05, 0.1) is 13.2 Å². The number of aliphatic imine (C=N–C) groups is 1. The number of hydrogen-bond acceptors (Lipinski definition) is 4. The molecule has 26 heavy (non-hydrogen) atoms. The van der Waals surface area contributed by atoms with Crippen LogP contribution < -0.4 is 10.6 Å². The maximum Gasteiger partial charge on any atom is 0.191 e. The van der Waals surface area contributed by atoms with Crippen LogP contribution in [0, 0.1) is 0 Å². The van der Waals surface area contributed by atoms with Gasteiger partial charge in [0.25, 0.3) is 0 Å². The van der Waals surface area contributed by atoms with Crippen molar-refractivity contribution in [1.82, 2.24) is 20.4 Å². The lowest BCUT2D eigenvalue weighted by molar-refractivity contribution is -0.0352. The molecule has 2 saturated heterocycles. The van der Waals surface area contributed by atoms with Crippen molar-refractivity contribution in [2.45, 2.75) is 63.5 Å². The second kappa shape index (κ2) is 9.90. The van der Waals surface area contributed by atoms with Gasteiger partial charge >= 0.3 is 0 Å². The Bertz CT molecular complexity index is 443. The highest BCUT2D eigenvalue weighted by atomic mass is 16.5. The lowest BCUT2D eigenvalue weighted by Gasteiger charge is -2.48. The van der Waals surface area contributed by atoms with Crippen LogP contribution in [0.2, 0.25) is 0 Å². The molecule has 0 aromatic rings. The number of morpholine rings is 1. The number of nitrogens with one attached hydrogen (secondary N) is 2. The van der Waals surface area contributed by atoms with E-state index in [9.17, 15) is 0 Å². The summed E-state index contributed by atoms with van der Waals surface area (Å²) in [7, 11) is 1.89. The molecule has 1 saturated carbocycles. The fourth-order valence-corrected chi connectivity index (χ4v) is 5.08. The summed E-state index contributed by atoms with van der Waals surface area (Å²) in [5.41, 5.74) is 0.280. The molecule has 3 aliphatic rings. The van der Waals surface area contributed by atoms with Crippen molar-refractivity contribution in [2.24, 2.45) is 4.99 Å². The Morgan fingerprint density at radius 3 is 2.54 bits per heavy atom. The monoisotopic (exact) mass is 365 g/mol. The quantitative estimate of drug-likeness (QED) is 0.554. The van der Waals surface area contributed by atoms with Crippen LogP contribution in [-0.2, 0) is 4.74 Å². The minimum atomic E-state index is 0.280. The van der Waals surface area contributed by atoms with E-state index in [2.05, 4.69) is 32.3 Å². The van der Waals surface area contributed by atoms with Crippen molar-refractivity contribution in [3.8, 4) is 0 Å². The van der Waals surface area contributed by atoms with E-state index < -0.39 is 0 Å². The number of nitrogens with zero attached hydrogens (tertiary/aromatic N) is 3. The largest absolute Gasteiger partial charge is 0.379 e. The molecule has 0 bridgehead atoms. The first-order valence-corrected chi connectivity index (χ1v) is 10.8. The first kappa shape index (κ1) is 19.9. The Kier molecular flexibility index (Phi) is 7.58. The highest BCUT2D eigenvalue weighted by Crippen LogP contribution is 2.33. The van der Waals surface area contributed by atoms with Gasteiger partial charge < -0.3 is 15.4 Å². The van der Waals surface area contributed by atoms with E-state index in [1.807, 2.05) is 7.05 Å². The zero-order valence-electron chi connectivity index (χ0n) is 16.9. The minimum absolute atomic E-state index is 0.280. The third-order valence-corrected chi connectivity index (χ3v) is 6.69. The molecule has 1 unspecified atom stereocenters. The highest BCUT2D eigenvalue weighted by molar-refractivity contribution is 5.79. The van der Waals surface area contributed by atoms with Gasteiger partial charge in [-0.3, -0.25) is 14.8 Å². The number of hydrogen-bond donors (Lipinski definition) is 2. The summed E-state index contributed by atoms with van der Waals surface area (Å²) in [6, 6.07) is 0.654.